The highest BCUT2D eigenvalue weighted by Gasteiger charge is 2.18. The molecule has 0 aliphatic carbocycles. The van der Waals surface area contributed by atoms with Gasteiger partial charge in [-0.15, -0.1) is 11.8 Å². The molecule has 0 aromatic heterocycles. The number of nitrogens with two attached hydrogens (primary N) is 1. The summed E-state index contributed by atoms with van der Waals surface area (Å²) < 4.78 is 0. The van der Waals surface area contributed by atoms with Crippen molar-refractivity contribution in [3.05, 3.63) is 0 Å². The lowest BCUT2D eigenvalue weighted by atomic mass is 10.2. The average Bonchev–Trinajstić information content (AvgIpc) is 2.71. The maximum atomic E-state index is 10.3. The monoisotopic (exact) mass is 248 g/mol. The summed E-state index contributed by atoms with van der Waals surface area (Å²) in [5.41, 5.74) is 4.98. The Kier molecular flexibility index (Phi) is 9.03. The van der Waals surface area contributed by atoms with E-state index in [4.69, 9.17) is 10.8 Å². The van der Waals surface area contributed by atoms with Crippen LogP contribution in [0.15, 0.2) is 0 Å². The molecule has 0 aromatic carbocycles. The number of thioether (sulfide) groups is 1. The molecule has 1 unspecified atom stereocenters. The maximum Gasteiger partial charge on any atom is 0.303 e. The second kappa shape index (κ2) is 9.47. The van der Waals surface area contributed by atoms with Crippen molar-refractivity contribution in [2.24, 2.45) is 5.73 Å². The van der Waals surface area contributed by atoms with Crippen LogP contribution in [0.25, 0.3) is 0 Å². The number of carboxylic acids is 1. The minimum Gasteiger partial charge on any atom is -0.481 e. The quantitative estimate of drug-likeness (QED) is 0.625. The molecule has 1 atom stereocenters. The number of aliphatic carboxylic acids is 1. The van der Waals surface area contributed by atoms with Gasteiger partial charge in [0.05, 0.1) is 0 Å². The number of carbonyl (C=O) groups is 2. The van der Waals surface area contributed by atoms with Gasteiger partial charge in [0.1, 0.15) is 5.37 Å². The summed E-state index contributed by atoms with van der Waals surface area (Å²) in [6, 6.07) is 0. The van der Waals surface area contributed by atoms with Crippen molar-refractivity contribution < 1.29 is 14.7 Å². The van der Waals surface area contributed by atoms with Crippen LogP contribution < -0.4 is 11.1 Å². The van der Waals surface area contributed by atoms with Crippen molar-refractivity contribution in [3.63, 3.8) is 0 Å². The lowest BCUT2D eigenvalue weighted by Gasteiger charge is -2.00. The van der Waals surface area contributed by atoms with Gasteiger partial charge in [0.25, 0.3) is 0 Å². The first kappa shape index (κ1) is 15.2. The minimum absolute atomic E-state index is 0.130. The van der Waals surface area contributed by atoms with Crippen molar-refractivity contribution in [1.82, 2.24) is 5.32 Å². The molecule has 6 heteroatoms. The van der Waals surface area contributed by atoms with E-state index >= 15 is 0 Å². The fraction of sp³-hybridized carbons (Fsp3) is 0.800. The summed E-state index contributed by atoms with van der Waals surface area (Å²) in [6.07, 6.45) is 3.28. The van der Waals surface area contributed by atoms with Crippen LogP contribution in [0.2, 0.25) is 0 Å². The summed E-state index contributed by atoms with van der Waals surface area (Å²) >= 11 is 1.56. The Morgan fingerprint density at radius 1 is 1.50 bits per heavy atom. The number of carboxylic acid groups (broad SMARTS) is 1. The zero-order chi connectivity index (χ0) is 12.4. The number of unbranched alkanes of at least 4 members (excludes halogenated alkanes) is 2. The summed E-state index contributed by atoms with van der Waals surface area (Å²) in [6.45, 7) is 2.96. The number of nitrogens with one attached hydrogen (secondary N) is 1. The molecule has 0 bridgehead atoms. The third-order valence-corrected chi connectivity index (χ3v) is 3.14. The van der Waals surface area contributed by atoms with Crippen LogP contribution in [0.1, 0.15) is 32.6 Å². The highest BCUT2D eigenvalue weighted by Crippen LogP contribution is 2.11. The van der Waals surface area contributed by atoms with Crippen LogP contribution in [0.5, 0.6) is 0 Å². The topological polar surface area (TPSA) is 92.4 Å². The van der Waals surface area contributed by atoms with Crippen molar-refractivity contribution in [3.8, 4) is 0 Å². The van der Waals surface area contributed by atoms with E-state index < -0.39 is 5.97 Å². The second-order valence-corrected chi connectivity index (χ2v) is 4.67. The van der Waals surface area contributed by atoms with Gasteiger partial charge < -0.3 is 10.8 Å². The molecule has 0 radical (unpaired) electrons. The standard InChI is InChI=1S/C6H12O2.C4H8N2OS/c1-2-3-4-5-6(7)8;5-3(7)4-6-1-2-8-4/h2-5H2,1H3,(H,7,8);4,6H,1-2H2,(H2,5,7). The lowest BCUT2D eigenvalue weighted by Crippen LogP contribution is -2.34. The number of amides is 1. The third-order valence-electron chi connectivity index (χ3n) is 1.97. The van der Waals surface area contributed by atoms with E-state index in [1.807, 2.05) is 0 Å². The molecule has 1 fully saturated rings. The highest BCUT2D eigenvalue weighted by molar-refractivity contribution is 8.00. The molecule has 5 nitrogen and oxygen atoms in total. The predicted octanol–water partition coefficient (Wildman–Crippen LogP) is 0.786. The molecule has 4 N–H and O–H groups in total. The van der Waals surface area contributed by atoms with E-state index in [-0.39, 0.29) is 11.3 Å². The number of hydrogen-bond acceptors (Lipinski definition) is 4. The third kappa shape index (κ3) is 8.55. The number of rotatable bonds is 5. The van der Waals surface area contributed by atoms with Gasteiger partial charge in [-0.1, -0.05) is 19.8 Å². The number of hydrogen-bond donors (Lipinski definition) is 3. The van der Waals surface area contributed by atoms with E-state index in [1.54, 1.807) is 11.8 Å². The van der Waals surface area contributed by atoms with Gasteiger partial charge >= 0.3 is 5.97 Å². The first-order valence-electron chi connectivity index (χ1n) is 5.44. The zero-order valence-electron chi connectivity index (χ0n) is 9.57. The van der Waals surface area contributed by atoms with Crippen molar-refractivity contribution >= 4 is 23.6 Å². The minimum atomic E-state index is -0.682. The summed E-state index contributed by atoms with van der Waals surface area (Å²) in [7, 11) is 0. The van der Waals surface area contributed by atoms with E-state index in [0.717, 1.165) is 31.6 Å². The van der Waals surface area contributed by atoms with E-state index in [0.29, 0.717) is 6.42 Å². The molecule has 1 amide bonds. The molecule has 1 aliphatic heterocycles. The normalized spacial score (nSPS) is 18.7. The van der Waals surface area contributed by atoms with E-state index in [2.05, 4.69) is 12.2 Å². The van der Waals surface area contributed by atoms with Crippen LogP contribution in [-0.2, 0) is 9.59 Å². The summed E-state index contributed by atoms with van der Waals surface area (Å²) in [5.74, 6) is 0.0547. The van der Waals surface area contributed by atoms with Crippen molar-refractivity contribution in [2.75, 3.05) is 12.3 Å². The van der Waals surface area contributed by atoms with Crippen molar-refractivity contribution in [2.45, 2.75) is 38.0 Å². The van der Waals surface area contributed by atoms with E-state index in [9.17, 15) is 9.59 Å². The molecular formula is C10H20N2O3S. The molecule has 16 heavy (non-hydrogen) atoms. The largest absolute Gasteiger partial charge is 0.481 e. The van der Waals surface area contributed by atoms with Gasteiger partial charge in [-0.3, -0.25) is 14.9 Å². The van der Waals surface area contributed by atoms with Crippen LogP contribution in [-0.4, -0.2) is 34.7 Å². The van der Waals surface area contributed by atoms with Gasteiger partial charge in [0, 0.05) is 18.7 Å². The van der Waals surface area contributed by atoms with Crippen LogP contribution >= 0.6 is 11.8 Å². The van der Waals surface area contributed by atoms with Crippen LogP contribution in [0.3, 0.4) is 0 Å². The molecule has 0 saturated carbocycles. The molecule has 1 saturated heterocycles. The fourth-order valence-corrected chi connectivity index (χ4v) is 2.01. The zero-order valence-corrected chi connectivity index (χ0v) is 10.4. The number of carbonyl (C=O) groups excluding carboxylic acids is 1. The Labute approximate surface area is 100 Å². The molecule has 0 spiro atoms. The summed E-state index contributed by atoms with van der Waals surface area (Å²) in [5, 5.41) is 11.0. The maximum absolute atomic E-state index is 10.3. The SMILES string of the molecule is CCCCCC(=O)O.NC(=O)C1NCCS1. The van der Waals surface area contributed by atoms with E-state index in [1.165, 1.54) is 0 Å². The smallest absolute Gasteiger partial charge is 0.303 e. The second-order valence-electron chi connectivity index (χ2n) is 3.46. The van der Waals surface area contributed by atoms with Crippen LogP contribution in [0, 0.1) is 0 Å². The fourth-order valence-electron chi connectivity index (χ4n) is 1.13. The number of primary amides is 1. The lowest BCUT2D eigenvalue weighted by molar-refractivity contribution is -0.137. The predicted molar refractivity (Wildman–Crippen MR) is 65.2 cm³/mol. The van der Waals surface area contributed by atoms with Gasteiger partial charge in [-0.2, -0.15) is 0 Å². The van der Waals surface area contributed by atoms with Crippen LogP contribution in [0.4, 0.5) is 0 Å². The summed E-state index contributed by atoms with van der Waals surface area (Å²) in [4.78, 5) is 20.2. The van der Waals surface area contributed by atoms with Gasteiger partial charge in [-0.05, 0) is 6.42 Å². The van der Waals surface area contributed by atoms with Gasteiger partial charge in [-0.25, -0.2) is 0 Å². The molecule has 1 heterocycles. The molecule has 1 rings (SSSR count). The van der Waals surface area contributed by atoms with Gasteiger partial charge in [0.15, 0.2) is 0 Å². The molecule has 0 aromatic rings. The molecular weight excluding hydrogens is 228 g/mol. The first-order chi connectivity index (χ1) is 7.57. The Morgan fingerprint density at radius 3 is 2.50 bits per heavy atom. The molecule has 94 valence electrons. The average molecular weight is 248 g/mol. The Hall–Kier alpha value is -0.750. The highest BCUT2D eigenvalue weighted by atomic mass is 32.2. The first-order valence-corrected chi connectivity index (χ1v) is 6.49. The Balaban J connectivity index is 0.000000281. The van der Waals surface area contributed by atoms with Crippen molar-refractivity contribution in [1.29, 1.82) is 0 Å². The Bertz CT molecular complexity index is 218. The molecule has 1 aliphatic rings. The van der Waals surface area contributed by atoms with Gasteiger partial charge in [0.2, 0.25) is 5.91 Å². The Morgan fingerprint density at radius 2 is 2.19 bits per heavy atom.